The molecule has 1 rings (SSSR count). The van der Waals surface area contributed by atoms with E-state index in [0.29, 0.717) is 44.6 Å². The van der Waals surface area contributed by atoms with Gasteiger partial charge in [0, 0.05) is 12.8 Å². The van der Waals surface area contributed by atoms with Crippen LogP contribution < -0.4 is 5.32 Å². The topological polar surface area (TPSA) is 90.9 Å². The smallest absolute Gasteiger partial charge is 0.308 e. The normalized spacial score (nSPS) is 14.2. The van der Waals surface area contributed by atoms with Crippen LogP contribution in [0.3, 0.4) is 0 Å². The SMILES string of the molecule is CCCCCCCCC(CCCCCC)C(=O)OCCCCC(=O)OCCCOC(=O)CC1CNC1. The Morgan fingerprint density at radius 1 is 0.667 bits per heavy atom. The Hall–Kier alpha value is -1.63. The summed E-state index contributed by atoms with van der Waals surface area (Å²) in [6.07, 6.45) is 16.5. The standard InChI is InChI=1S/C29H53NO6/c1-3-5-7-9-10-12-17-26(16-11-8-6-4-2)29(33)36-19-14-13-18-27(31)34-20-15-21-35-28(32)22-25-23-30-24-25/h25-26,30H,3-24H2,1-2H3. The summed E-state index contributed by atoms with van der Waals surface area (Å²) in [5, 5.41) is 3.13. The third-order valence-electron chi connectivity index (χ3n) is 6.80. The molecule has 1 heterocycles. The average Bonchev–Trinajstić information content (AvgIpc) is 2.84. The van der Waals surface area contributed by atoms with Crippen molar-refractivity contribution in [2.45, 2.75) is 123 Å². The van der Waals surface area contributed by atoms with Gasteiger partial charge in [-0.1, -0.05) is 78.1 Å². The largest absolute Gasteiger partial charge is 0.466 e. The van der Waals surface area contributed by atoms with Gasteiger partial charge in [0.05, 0.1) is 32.2 Å². The van der Waals surface area contributed by atoms with Crippen LogP contribution in [0.4, 0.5) is 0 Å². The van der Waals surface area contributed by atoms with Crippen LogP contribution in [0.15, 0.2) is 0 Å². The van der Waals surface area contributed by atoms with Crippen LogP contribution in [0, 0.1) is 11.8 Å². The van der Waals surface area contributed by atoms with Crippen LogP contribution in [0.2, 0.25) is 0 Å². The lowest BCUT2D eigenvalue weighted by Gasteiger charge is -2.25. The van der Waals surface area contributed by atoms with E-state index in [1.165, 1.54) is 51.4 Å². The van der Waals surface area contributed by atoms with Crippen molar-refractivity contribution in [1.29, 1.82) is 0 Å². The van der Waals surface area contributed by atoms with Gasteiger partial charge in [0.25, 0.3) is 0 Å². The minimum absolute atomic E-state index is 0.0116. The van der Waals surface area contributed by atoms with Crippen molar-refractivity contribution in [1.82, 2.24) is 5.32 Å². The molecule has 1 saturated heterocycles. The number of carbonyl (C=O) groups excluding carboxylic acids is 3. The molecule has 1 fully saturated rings. The Morgan fingerprint density at radius 3 is 1.83 bits per heavy atom. The zero-order valence-electron chi connectivity index (χ0n) is 23.2. The van der Waals surface area contributed by atoms with E-state index >= 15 is 0 Å². The summed E-state index contributed by atoms with van der Waals surface area (Å²) >= 11 is 0. The Labute approximate surface area is 219 Å². The van der Waals surface area contributed by atoms with Gasteiger partial charge in [-0.2, -0.15) is 0 Å². The molecular weight excluding hydrogens is 458 g/mol. The first-order valence-corrected chi connectivity index (χ1v) is 14.7. The van der Waals surface area contributed by atoms with E-state index in [1.54, 1.807) is 0 Å². The van der Waals surface area contributed by atoms with E-state index in [-0.39, 0.29) is 37.0 Å². The zero-order chi connectivity index (χ0) is 26.3. The first-order chi connectivity index (χ1) is 17.6. The van der Waals surface area contributed by atoms with E-state index in [4.69, 9.17) is 14.2 Å². The maximum absolute atomic E-state index is 12.6. The Balaban J connectivity index is 2.08. The predicted octanol–water partition coefficient (Wildman–Crippen LogP) is 6.12. The molecule has 7 nitrogen and oxygen atoms in total. The molecule has 1 atom stereocenters. The molecule has 1 N–H and O–H groups in total. The molecule has 0 amide bonds. The molecule has 0 aromatic heterocycles. The van der Waals surface area contributed by atoms with E-state index in [2.05, 4.69) is 19.2 Å². The van der Waals surface area contributed by atoms with Gasteiger partial charge >= 0.3 is 17.9 Å². The van der Waals surface area contributed by atoms with Crippen LogP contribution in [-0.2, 0) is 28.6 Å². The number of esters is 3. The highest BCUT2D eigenvalue weighted by Gasteiger charge is 2.21. The van der Waals surface area contributed by atoms with Crippen molar-refractivity contribution >= 4 is 17.9 Å². The number of hydrogen-bond acceptors (Lipinski definition) is 7. The molecule has 210 valence electrons. The Morgan fingerprint density at radius 2 is 1.22 bits per heavy atom. The third-order valence-corrected chi connectivity index (χ3v) is 6.80. The van der Waals surface area contributed by atoms with Crippen molar-refractivity contribution in [2.75, 3.05) is 32.9 Å². The lowest BCUT2D eigenvalue weighted by molar-refractivity contribution is -0.149. The van der Waals surface area contributed by atoms with Crippen molar-refractivity contribution in [2.24, 2.45) is 11.8 Å². The highest BCUT2D eigenvalue weighted by atomic mass is 16.5. The number of carbonyl (C=O) groups is 3. The number of rotatable bonds is 24. The van der Waals surface area contributed by atoms with Crippen molar-refractivity contribution in [3.8, 4) is 0 Å². The summed E-state index contributed by atoms with van der Waals surface area (Å²) < 4.78 is 15.9. The van der Waals surface area contributed by atoms with Crippen LogP contribution in [0.25, 0.3) is 0 Å². The van der Waals surface area contributed by atoms with Gasteiger partial charge in [-0.3, -0.25) is 14.4 Å². The molecule has 7 heteroatoms. The van der Waals surface area contributed by atoms with Crippen LogP contribution in [0.1, 0.15) is 123 Å². The number of hydrogen-bond donors (Lipinski definition) is 1. The van der Waals surface area contributed by atoms with E-state index in [1.807, 2.05) is 0 Å². The van der Waals surface area contributed by atoms with Crippen LogP contribution >= 0.6 is 0 Å². The lowest BCUT2D eigenvalue weighted by atomic mass is 9.94. The average molecular weight is 512 g/mol. The first kappa shape index (κ1) is 32.4. The van der Waals surface area contributed by atoms with Gasteiger partial charge in [0.1, 0.15) is 0 Å². The van der Waals surface area contributed by atoms with Gasteiger partial charge < -0.3 is 19.5 Å². The molecule has 0 aromatic carbocycles. The Kier molecular flexibility index (Phi) is 20.3. The van der Waals surface area contributed by atoms with Crippen LogP contribution in [-0.4, -0.2) is 50.8 Å². The van der Waals surface area contributed by atoms with E-state index in [9.17, 15) is 14.4 Å². The zero-order valence-corrected chi connectivity index (χ0v) is 23.2. The highest BCUT2D eigenvalue weighted by molar-refractivity contribution is 5.72. The summed E-state index contributed by atoms with van der Waals surface area (Å²) in [5.41, 5.74) is 0. The van der Waals surface area contributed by atoms with Gasteiger partial charge in [-0.15, -0.1) is 0 Å². The molecule has 1 aliphatic rings. The van der Waals surface area contributed by atoms with Crippen molar-refractivity contribution < 1.29 is 28.6 Å². The lowest BCUT2D eigenvalue weighted by Crippen LogP contribution is -2.43. The van der Waals surface area contributed by atoms with E-state index < -0.39 is 0 Å². The second-order valence-corrected chi connectivity index (χ2v) is 10.3. The molecule has 36 heavy (non-hydrogen) atoms. The molecule has 1 aliphatic heterocycles. The molecular formula is C29H53NO6. The fraction of sp³-hybridized carbons (Fsp3) is 0.897. The maximum Gasteiger partial charge on any atom is 0.308 e. The summed E-state index contributed by atoms with van der Waals surface area (Å²) in [7, 11) is 0. The molecule has 0 aromatic rings. The molecule has 0 bridgehead atoms. The summed E-state index contributed by atoms with van der Waals surface area (Å²) in [4.78, 5) is 36.1. The maximum atomic E-state index is 12.6. The first-order valence-electron chi connectivity index (χ1n) is 14.7. The van der Waals surface area contributed by atoms with E-state index in [0.717, 1.165) is 38.8 Å². The molecule has 1 unspecified atom stereocenters. The molecule has 0 spiro atoms. The van der Waals surface area contributed by atoms with Crippen molar-refractivity contribution in [3.05, 3.63) is 0 Å². The third kappa shape index (κ3) is 17.7. The molecule has 0 saturated carbocycles. The van der Waals surface area contributed by atoms with Gasteiger partial charge in [0.15, 0.2) is 0 Å². The summed E-state index contributed by atoms with van der Waals surface area (Å²) in [5.74, 6) is -0.0996. The molecule has 0 aliphatic carbocycles. The number of unbranched alkanes of at least 4 members (excludes halogenated alkanes) is 9. The fourth-order valence-corrected chi connectivity index (χ4v) is 4.32. The van der Waals surface area contributed by atoms with Gasteiger partial charge in [-0.05, 0) is 44.7 Å². The quantitative estimate of drug-likeness (QED) is 0.0948. The minimum atomic E-state index is -0.259. The second-order valence-electron chi connectivity index (χ2n) is 10.3. The number of ether oxygens (including phenoxy) is 3. The summed E-state index contributed by atoms with van der Waals surface area (Å²) in [6.45, 7) is 7.08. The molecule has 0 radical (unpaired) electrons. The highest BCUT2D eigenvalue weighted by Crippen LogP contribution is 2.20. The summed E-state index contributed by atoms with van der Waals surface area (Å²) in [6, 6.07) is 0. The minimum Gasteiger partial charge on any atom is -0.466 e. The second kappa shape index (κ2) is 22.6. The fourth-order valence-electron chi connectivity index (χ4n) is 4.32. The van der Waals surface area contributed by atoms with Gasteiger partial charge in [0.2, 0.25) is 0 Å². The monoisotopic (exact) mass is 511 g/mol. The predicted molar refractivity (Wildman–Crippen MR) is 143 cm³/mol. The van der Waals surface area contributed by atoms with Gasteiger partial charge in [-0.25, -0.2) is 0 Å². The number of nitrogens with one attached hydrogen (secondary N) is 1. The van der Waals surface area contributed by atoms with Crippen molar-refractivity contribution in [3.63, 3.8) is 0 Å². The van der Waals surface area contributed by atoms with Crippen LogP contribution in [0.5, 0.6) is 0 Å². The Bertz CT molecular complexity index is 578.